The number of aromatic nitrogens is 2. The third-order valence-electron chi connectivity index (χ3n) is 7.50. The van der Waals surface area contributed by atoms with Crippen LogP contribution in [0.25, 0.3) is 16.9 Å². The van der Waals surface area contributed by atoms with Gasteiger partial charge in [-0.05, 0) is 67.0 Å². The highest BCUT2D eigenvalue weighted by Gasteiger charge is 2.21. The molecule has 8 heteroatoms. The summed E-state index contributed by atoms with van der Waals surface area (Å²) in [5.41, 5.74) is 7.32. The van der Waals surface area contributed by atoms with Crippen molar-refractivity contribution >= 4 is 17.2 Å². The van der Waals surface area contributed by atoms with Gasteiger partial charge in [-0.1, -0.05) is 32.0 Å². The molecule has 0 spiro atoms. The molecule has 0 saturated heterocycles. The first-order chi connectivity index (χ1) is 19.0. The third kappa shape index (κ3) is 5.77. The first-order valence-corrected chi connectivity index (χ1v) is 13.6. The number of carbonyl (C=O) groups excluding carboxylic acids is 1. The zero-order valence-electron chi connectivity index (χ0n) is 23.2. The normalized spacial score (nSPS) is 13.5. The predicted molar refractivity (Wildman–Crippen MR) is 154 cm³/mol. The van der Waals surface area contributed by atoms with Gasteiger partial charge in [0.05, 0.1) is 32.2 Å². The smallest absolute Gasteiger partial charge is 0.238 e. The lowest BCUT2D eigenvalue weighted by Crippen LogP contribution is -2.37. The highest BCUT2D eigenvalue weighted by Crippen LogP contribution is 2.33. The van der Waals surface area contributed by atoms with Gasteiger partial charge in [0.15, 0.2) is 11.5 Å². The predicted octanol–water partition coefficient (Wildman–Crippen LogP) is 4.86. The molecular formula is C31H37N5O3. The van der Waals surface area contributed by atoms with Crippen molar-refractivity contribution in [2.45, 2.75) is 33.4 Å². The number of benzene rings is 2. The molecule has 4 aromatic rings. The second kappa shape index (κ2) is 11.9. The maximum Gasteiger partial charge on any atom is 0.238 e. The van der Waals surface area contributed by atoms with Crippen molar-refractivity contribution in [3.05, 3.63) is 77.6 Å². The molecule has 1 amide bonds. The standard InChI is InChI=1S/C31H37N5O3/c1-5-34(6-2)20-26-31(33-29-9-7-8-15-36(26)29)22-10-12-25(13-11-22)32-30(37)21-35-16-14-23-17-27(38-3)28(39-4)18-24(23)19-35/h7-13,15,17-18H,5-6,14,16,19-21H2,1-4H3,(H,32,37). The molecule has 204 valence electrons. The molecule has 0 unspecified atom stereocenters. The van der Waals surface area contributed by atoms with E-state index in [9.17, 15) is 4.79 Å². The van der Waals surface area contributed by atoms with Crippen molar-refractivity contribution < 1.29 is 14.3 Å². The Bertz CT molecular complexity index is 1440. The van der Waals surface area contributed by atoms with E-state index in [1.165, 1.54) is 16.8 Å². The summed E-state index contributed by atoms with van der Waals surface area (Å²) in [6.45, 7) is 8.99. The monoisotopic (exact) mass is 527 g/mol. The molecule has 1 N–H and O–H groups in total. The van der Waals surface area contributed by atoms with Crippen LogP contribution in [-0.2, 0) is 24.3 Å². The number of nitrogens with zero attached hydrogens (tertiary/aromatic N) is 4. The average Bonchev–Trinajstić information content (AvgIpc) is 3.33. The lowest BCUT2D eigenvalue weighted by molar-refractivity contribution is -0.117. The van der Waals surface area contributed by atoms with Crippen LogP contribution in [0.4, 0.5) is 5.69 Å². The van der Waals surface area contributed by atoms with Crippen molar-refractivity contribution in [3.8, 4) is 22.8 Å². The van der Waals surface area contributed by atoms with Gasteiger partial charge in [-0.3, -0.25) is 14.6 Å². The third-order valence-corrected chi connectivity index (χ3v) is 7.50. The summed E-state index contributed by atoms with van der Waals surface area (Å²) >= 11 is 0. The summed E-state index contributed by atoms with van der Waals surface area (Å²) in [5.74, 6) is 1.44. The quantitative estimate of drug-likeness (QED) is 0.318. The fraction of sp³-hybridized carbons (Fsp3) is 0.355. The van der Waals surface area contributed by atoms with Crippen LogP contribution in [-0.4, -0.2) is 65.5 Å². The minimum absolute atomic E-state index is 0.0263. The van der Waals surface area contributed by atoms with Crippen molar-refractivity contribution in [3.63, 3.8) is 0 Å². The Labute approximate surface area is 230 Å². The number of methoxy groups -OCH3 is 2. The van der Waals surface area contributed by atoms with Gasteiger partial charge in [0.1, 0.15) is 5.65 Å². The SMILES string of the molecule is CCN(CC)Cc1c(-c2ccc(NC(=O)CN3CCc4cc(OC)c(OC)cc4C3)cc2)nc2ccccn12. The Morgan fingerprint density at radius 3 is 2.41 bits per heavy atom. The van der Waals surface area contributed by atoms with Gasteiger partial charge >= 0.3 is 0 Å². The van der Waals surface area contributed by atoms with Crippen LogP contribution in [0.15, 0.2) is 60.8 Å². The van der Waals surface area contributed by atoms with Gasteiger partial charge < -0.3 is 19.2 Å². The number of anilines is 1. The summed E-state index contributed by atoms with van der Waals surface area (Å²) in [4.78, 5) is 22.4. The first kappa shape index (κ1) is 26.7. The molecule has 0 aliphatic carbocycles. The molecule has 2 aromatic heterocycles. The number of ether oxygens (including phenoxy) is 2. The Morgan fingerprint density at radius 2 is 1.72 bits per heavy atom. The van der Waals surface area contributed by atoms with E-state index in [1.54, 1.807) is 14.2 Å². The molecule has 0 fully saturated rings. The molecule has 0 saturated carbocycles. The topological polar surface area (TPSA) is 71.3 Å². The minimum atomic E-state index is -0.0263. The molecular weight excluding hydrogens is 490 g/mol. The number of carbonyl (C=O) groups is 1. The zero-order chi connectivity index (χ0) is 27.4. The number of hydrogen-bond acceptors (Lipinski definition) is 6. The Kier molecular flexibility index (Phi) is 8.14. The van der Waals surface area contributed by atoms with Crippen molar-refractivity contribution in [1.82, 2.24) is 19.2 Å². The average molecular weight is 528 g/mol. The number of hydrogen-bond donors (Lipinski definition) is 1. The molecule has 1 aliphatic rings. The molecule has 0 radical (unpaired) electrons. The lowest BCUT2D eigenvalue weighted by atomic mass is 9.99. The van der Waals surface area contributed by atoms with Crippen molar-refractivity contribution in [2.24, 2.45) is 0 Å². The maximum atomic E-state index is 12.9. The van der Waals surface area contributed by atoms with Crippen LogP contribution in [0.2, 0.25) is 0 Å². The van der Waals surface area contributed by atoms with E-state index in [2.05, 4.69) is 39.6 Å². The molecule has 3 heterocycles. The van der Waals surface area contributed by atoms with Gasteiger partial charge in [0.2, 0.25) is 5.91 Å². The lowest BCUT2D eigenvalue weighted by Gasteiger charge is -2.29. The molecule has 39 heavy (non-hydrogen) atoms. The summed E-state index contributed by atoms with van der Waals surface area (Å²) in [7, 11) is 3.29. The van der Waals surface area contributed by atoms with E-state index in [0.29, 0.717) is 18.8 Å². The Balaban J connectivity index is 1.27. The van der Waals surface area contributed by atoms with Crippen molar-refractivity contribution in [1.29, 1.82) is 0 Å². The minimum Gasteiger partial charge on any atom is -0.493 e. The largest absolute Gasteiger partial charge is 0.493 e. The number of rotatable bonds is 10. The Hall–Kier alpha value is -3.88. The second-order valence-electron chi connectivity index (χ2n) is 9.86. The van der Waals surface area contributed by atoms with Gasteiger partial charge in [0.25, 0.3) is 0 Å². The van der Waals surface area contributed by atoms with Gasteiger partial charge in [-0.15, -0.1) is 0 Å². The number of pyridine rings is 1. The number of fused-ring (bicyclic) bond motifs is 2. The maximum absolute atomic E-state index is 12.9. The highest BCUT2D eigenvalue weighted by molar-refractivity contribution is 5.92. The fourth-order valence-electron chi connectivity index (χ4n) is 5.28. The van der Waals surface area contributed by atoms with Crippen LogP contribution >= 0.6 is 0 Å². The molecule has 1 aliphatic heterocycles. The van der Waals surface area contributed by atoms with Gasteiger partial charge in [0, 0.05) is 37.1 Å². The number of amides is 1. The molecule has 0 atom stereocenters. The van der Waals surface area contributed by atoms with Gasteiger partial charge in [-0.25, -0.2) is 4.98 Å². The summed E-state index contributed by atoms with van der Waals surface area (Å²) in [5, 5.41) is 3.07. The summed E-state index contributed by atoms with van der Waals surface area (Å²) in [6, 6.07) is 18.2. The number of nitrogens with one attached hydrogen (secondary N) is 1. The van der Waals surface area contributed by atoms with E-state index in [0.717, 1.165) is 60.9 Å². The van der Waals surface area contributed by atoms with Crippen LogP contribution in [0.3, 0.4) is 0 Å². The van der Waals surface area contributed by atoms with E-state index >= 15 is 0 Å². The molecule has 0 bridgehead atoms. The molecule has 5 rings (SSSR count). The van der Waals surface area contributed by atoms with Crippen LogP contribution in [0, 0.1) is 0 Å². The van der Waals surface area contributed by atoms with Crippen LogP contribution in [0.5, 0.6) is 11.5 Å². The van der Waals surface area contributed by atoms with Crippen LogP contribution in [0.1, 0.15) is 30.7 Å². The zero-order valence-corrected chi connectivity index (χ0v) is 23.2. The van der Waals surface area contributed by atoms with E-state index in [-0.39, 0.29) is 5.91 Å². The van der Waals surface area contributed by atoms with Gasteiger partial charge in [-0.2, -0.15) is 0 Å². The van der Waals surface area contributed by atoms with Crippen LogP contribution < -0.4 is 14.8 Å². The summed E-state index contributed by atoms with van der Waals surface area (Å²) in [6.07, 6.45) is 2.94. The second-order valence-corrected chi connectivity index (χ2v) is 9.86. The molecule has 2 aromatic carbocycles. The van der Waals surface area contributed by atoms with E-state index < -0.39 is 0 Å². The summed E-state index contributed by atoms with van der Waals surface area (Å²) < 4.78 is 13.1. The fourth-order valence-corrected chi connectivity index (χ4v) is 5.28. The number of imidazole rings is 1. The molecule has 8 nitrogen and oxygen atoms in total. The highest BCUT2D eigenvalue weighted by atomic mass is 16.5. The van der Waals surface area contributed by atoms with E-state index in [1.807, 2.05) is 54.6 Å². The van der Waals surface area contributed by atoms with Crippen molar-refractivity contribution in [2.75, 3.05) is 45.7 Å². The van der Waals surface area contributed by atoms with E-state index in [4.69, 9.17) is 14.5 Å². The first-order valence-electron chi connectivity index (χ1n) is 13.6. The Morgan fingerprint density at radius 1 is 1.00 bits per heavy atom.